The molecule has 3 atom stereocenters. The highest BCUT2D eigenvalue weighted by atomic mass is 14.4. The molecule has 0 N–H and O–H groups in total. The van der Waals surface area contributed by atoms with Gasteiger partial charge in [0, 0.05) is 0 Å². The first-order valence-electron chi connectivity index (χ1n) is 4.54. The molecule has 0 nitrogen and oxygen atoms in total. The minimum atomic E-state index is 0.962. The molecule has 0 amide bonds. The summed E-state index contributed by atoms with van der Waals surface area (Å²) in [5, 5.41) is 0. The molecule has 1 saturated carbocycles. The van der Waals surface area contributed by atoms with Gasteiger partial charge in [-0.3, -0.25) is 0 Å². The van der Waals surface area contributed by atoms with Crippen LogP contribution in [0.25, 0.3) is 0 Å². The highest BCUT2D eigenvalue weighted by Crippen LogP contribution is 2.41. The van der Waals surface area contributed by atoms with Crippen molar-refractivity contribution in [3.05, 3.63) is 12.2 Å². The third-order valence-electron chi connectivity index (χ3n) is 3.27. The molecular weight excluding hydrogens is 120 g/mol. The highest BCUT2D eigenvalue weighted by Gasteiger charge is 2.30. The Labute approximate surface area is 63.3 Å². The lowest BCUT2D eigenvalue weighted by atomic mass is 9.74. The summed E-state index contributed by atoms with van der Waals surface area (Å²) >= 11 is 0. The summed E-state index contributed by atoms with van der Waals surface area (Å²) in [6.45, 7) is 2.42. The SMILES string of the molecule is CC1CCCC2C=CCC12. The molecule has 0 heteroatoms. The van der Waals surface area contributed by atoms with Gasteiger partial charge in [0.1, 0.15) is 0 Å². The van der Waals surface area contributed by atoms with E-state index >= 15 is 0 Å². The summed E-state index contributed by atoms with van der Waals surface area (Å²) in [7, 11) is 0. The molecular formula is C10H16. The summed E-state index contributed by atoms with van der Waals surface area (Å²) in [6.07, 6.45) is 10.6. The van der Waals surface area contributed by atoms with E-state index in [0.717, 1.165) is 17.8 Å². The van der Waals surface area contributed by atoms with Gasteiger partial charge in [-0.25, -0.2) is 0 Å². The normalized spacial score (nSPS) is 45.5. The molecule has 0 spiro atoms. The molecule has 2 aliphatic rings. The van der Waals surface area contributed by atoms with Crippen LogP contribution in [-0.2, 0) is 0 Å². The van der Waals surface area contributed by atoms with Gasteiger partial charge < -0.3 is 0 Å². The molecule has 0 aromatic rings. The Kier molecular flexibility index (Phi) is 1.55. The van der Waals surface area contributed by atoms with Crippen LogP contribution >= 0.6 is 0 Å². The van der Waals surface area contributed by atoms with Crippen molar-refractivity contribution in [3.8, 4) is 0 Å². The average Bonchev–Trinajstić information content (AvgIpc) is 2.36. The van der Waals surface area contributed by atoms with Gasteiger partial charge in [-0.2, -0.15) is 0 Å². The number of fused-ring (bicyclic) bond motifs is 1. The predicted octanol–water partition coefficient (Wildman–Crippen LogP) is 3.00. The second kappa shape index (κ2) is 2.41. The molecule has 0 aromatic carbocycles. The molecule has 56 valence electrons. The second-order valence-electron chi connectivity index (χ2n) is 3.90. The molecule has 0 radical (unpaired) electrons. The Morgan fingerprint density at radius 2 is 2.20 bits per heavy atom. The number of hydrogen-bond donors (Lipinski definition) is 0. The van der Waals surface area contributed by atoms with Crippen molar-refractivity contribution < 1.29 is 0 Å². The maximum absolute atomic E-state index is 2.44. The topological polar surface area (TPSA) is 0 Å². The fourth-order valence-electron chi connectivity index (χ4n) is 2.58. The summed E-state index contributed by atoms with van der Waals surface area (Å²) < 4.78 is 0. The van der Waals surface area contributed by atoms with E-state index in [1.54, 1.807) is 0 Å². The third kappa shape index (κ3) is 0.902. The number of rotatable bonds is 0. The van der Waals surface area contributed by atoms with Crippen LogP contribution < -0.4 is 0 Å². The summed E-state index contributed by atoms with van der Waals surface area (Å²) in [5.74, 6) is 2.98. The third-order valence-corrected chi connectivity index (χ3v) is 3.27. The Hall–Kier alpha value is -0.260. The van der Waals surface area contributed by atoms with Crippen LogP contribution in [0.15, 0.2) is 12.2 Å². The van der Waals surface area contributed by atoms with Crippen molar-refractivity contribution in [2.75, 3.05) is 0 Å². The van der Waals surface area contributed by atoms with Crippen molar-refractivity contribution in [1.29, 1.82) is 0 Å². The van der Waals surface area contributed by atoms with Gasteiger partial charge in [0.25, 0.3) is 0 Å². The molecule has 0 aromatic heterocycles. The van der Waals surface area contributed by atoms with E-state index in [2.05, 4.69) is 19.1 Å². The lowest BCUT2D eigenvalue weighted by molar-refractivity contribution is 0.216. The van der Waals surface area contributed by atoms with Crippen molar-refractivity contribution in [3.63, 3.8) is 0 Å². The summed E-state index contributed by atoms with van der Waals surface area (Å²) in [4.78, 5) is 0. The zero-order chi connectivity index (χ0) is 6.97. The van der Waals surface area contributed by atoms with Crippen LogP contribution in [0.3, 0.4) is 0 Å². The fourth-order valence-corrected chi connectivity index (χ4v) is 2.58. The first kappa shape index (κ1) is 6.45. The van der Waals surface area contributed by atoms with E-state index < -0.39 is 0 Å². The van der Waals surface area contributed by atoms with Gasteiger partial charge in [-0.1, -0.05) is 31.9 Å². The maximum Gasteiger partial charge on any atom is -0.0200 e. The Morgan fingerprint density at radius 3 is 3.00 bits per heavy atom. The molecule has 0 heterocycles. The van der Waals surface area contributed by atoms with E-state index in [4.69, 9.17) is 0 Å². The maximum atomic E-state index is 2.44. The Bertz CT molecular complexity index is 146. The first-order chi connectivity index (χ1) is 4.88. The smallest absolute Gasteiger partial charge is 0.0200 e. The molecule has 2 rings (SSSR count). The fraction of sp³-hybridized carbons (Fsp3) is 0.800. The van der Waals surface area contributed by atoms with E-state index in [9.17, 15) is 0 Å². The minimum absolute atomic E-state index is 0.962. The van der Waals surface area contributed by atoms with Gasteiger partial charge in [-0.05, 0) is 30.6 Å². The molecule has 3 unspecified atom stereocenters. The van der Waals surface area contributed by atoms with E-state index in [1.807, 2.05) is 0 Å². The van der Waals surface area contributed by atoms with Gasteiger partial charge in [0.2, 0.25) is 0 Å². The van der Waals surface area contributed by atoms with Crippen LogP contribution in [0, 0.1) is 17.8 Å². The number of allylic oxidation sites excluding steroid dienone is 2. The largest absolute Gasteiger partial charge is 0.0879 e. The van der Waals surface area contributed by atoms with Gasteiger partial charge in [0.15, 0.2) is 0 Å². The van der Waals surface area contributed by atoms with Crippen molar-refractivity contribution in [1.82, 2.24) is 0 Å². The van der Waals surface area contributed by atoms with E-state index in [0.29, 0.717) is 0 Å². The molecule has 1 fully saturated rings. The van der Waals surface area contributed by atoms with Crippen LogP contribution in [0.4, 0.5) is 0 Å². The van der Waals surface area contributed by atoms with Crippen LogP contribution in [0.2, 0.25) is 0 Å². The van der Waals surface area contributed by atoms with Gasteiger partial charge in [0.05, 0.1) is 0 Å². The molecule has 2 aliphatic carbocycles. The quantitative estimate of drug-likeness (QED) is 0.449. The zero-order valence-corrected chi connectivity index (χ0v) is 6.72. The first-order valence-corrected chi connectivity index (χ1v) is 4.54. The summed E-state index contributed by atoms with van der Waals surface area (Å²) in [6, 6.07) is 0. The van der Waals surface area contributed by atoms with Crippen molar-refractivity contribution >= 4 is 0 Å². The van der Waals surface area contributed by atoms with Crippen LogP contribution in [0.1, 0.15) is 32.6 Å². The van der Waals surface area contributed by atoms with Gasteiger partial charge >= 0.3 is 0 Å². The molecule has 10 heavy (non-hydrogen) atoms. The number of hydrogen-bond acceptors (Lipinski definition) is 0. The second-order valence-corrected chi connectivity index (χ2v) is 3.90. The monoisotopic (exact) mass is 136 g/mol. The lowest BCUT2D eigenvalue weighted by Gasteiger charge is -2.30. The molecule has 0 bridgehead atoms. The van der Waals surface area contributed by atoms with E-state index in [1.165, 1.54) is 25.7 Å². The zero-order valence-electron chi connectivity index (χ0n) is 6.72. The van der Waals surface area contributed by atoms with Crippen molar-refractivity contribution in [2.45, 2.75) is 32.6 Å². The van der Waals surface area contributed by atoms with Gasteiger partial charge in [-0.15, -0.1) is 0 Å². The van der Waals surface area contributed by atoms with E-state index in [-0.39, 0.29) is 0 Å². The molecule has 0 aliphatic heterocycles. The molecule has 0 saturated heterocycles. The summed E-state index contributed by atoms with van der Waals surface area (Å²) in [5.41, 5.74) is 0. The highest BCUT2D eigenvalue weighted by molar-refractivity contribution is 5.03. The predicted molar refractivity (Wildman–Crippen MR) is 43.8 cm³/mol. The minimum Gasteiger partial charge on any atom is -0.0879 e. The standard InChI is InChI=1S/C10H16/c1-8-4-2-5-9-6-3-7-10(8)9/h3,6,8-10H,2,4-5,7H2,1H3. The van der Waals surface area contributed by atoms with Crippen molar-refractivity contribution in [2.24, 2.45) is 17.8 Å². The van der Waals surface area contributed by atoms with Crippen LogP contribution in [-0.4, -0.2) is 0 Å². The van der Waals surface area contributed by atoms with Crippen LogP contribution in [0.5, 0.6) is 0 Å². The Morgan fingerprint density at radius 1 is 1.30 bits per heavy atom. The Balaban J connectivity index is 2.07. The average molecular weight is 136 g/mol. The lowest BCUT2D eigenvalue weighted by Crippen LogP contribution is -2.21.